The number of hydrogen-bond donors (Lipinski definition) is 3. The first-order chi connectivity index (χ1) is 14.2. The quantitative estimate of drug-likeness (QED) is 0.505. The molecule has 1 aromatic heterocycles. The van der Waals surface area contributed by atoms with Crippen molar-refractivity contribution in [1.82, 2.24) is 10.3 Å². The number of rotatable bonds is 7. The molecular weight excluding hydrogens is 384 g/mol. The molecule has 3 N–H and O–H groups in total. The van der Waals surface area contributed by atoms with Crippen LogP contribution in [0.25, 0.3) is 11.1 Å². The molecule has 0 amide bonds. The average Bonchev–Trinajstić information content (AvgIpc) is 2.79. The lowest BCUT2D eigenvalue weighted by atomic mass is 9.97. The van der Waals surface area contributed by atoms with Gasteiger partial charge in [0.1, 0.15) is 11.9 Å². The van der Waals surface area contributed by atoms with Crippen LogP contribution in [-0.4, -0.2) is 33.8 Å². The zero-order valence-corrected chi connectivity index (χ0v) is 16.8. The van der Waals surface area contributed by atoms with E-state index in [-0.39, 0.29) is 6.10 Å². The van der Waals surface area contributed by atoms with Gasteiger partial charge in [-0.15, -0.1) is 0 Å². The number of nitrogens with one attached hydrogen (secondary N) is 1. The molecule has 0 bridgehead atoms. The Morgan fingerprint density at radius 1 is 1.14 bits per heavy atom. The first-order valence-electron chi connectivity index (χ1n) is 9.73. The summed E-state index contributed by atoms with van der Waals surface area (Å²) >= 11 is 0.762. The van der Waals surface area contributed by atoms with E-state index in [1.807, 2.05) is 42.5 Å². The summed E-state index contributed by atoms with van der Waals surface area (Å²) in [6.45, 7) is 1.16. The van der Waals surface area contributed by atoms with Crippen LogP contribution in [0.5, 0.6) is 5.75 Å². The van der Waals surface area contributed by atoms with E-state index >= 15 is 0 Å². The normalized spacial score (nSPS) is 16.7. The number of hydrogen-bond acceptors (Lipinski definition) is 6. The number of pyridine rings is 1. The summed E-state index contributed by atoms with van der Waals surface area (Å²) in [4.78, 5) is 4.87. The van der Waals surface area contributed by atoms with Crippen molar-refractivity contribution in [2.24, 2.45) is 0 Å². The van der Waals surface area contributed by atoms with Gasteiger partial charge < -0.3 is 19.7 Å². The Kier molecular flexibility index (Phi) is 6.46. The van der Waals surface area contributed by atoms with Crippen LogP contribution in [0.4, 0.5) is 0 Å². The molecule has 4 rings (SSSR count). The van der Waals surface area contributed by atoms with E-state index in [0.29, 0.717) is 13.1 Å². The fraction of sp³-hybridized carbons (Fsp3) is 0.261. The Bertz CT molecular complexity index is 952. The minimum Gasteiger partial charge on any atom is -0.489 e. The van der Waals surface area contributed by atoms with E-state index in [1.165, 1.54) is 5.56 Å². The summed E-state index contributed by atoms with van der Waals surface area (Å²) in [6, 6.07) is 17.8. The summed E-state index contributed by atoms with van der Waals surface area (Å²) < 4.78 is 15.4. The van der Waals surface area contributed by atoms with Crippen LogP contribution in [0.15, 0.2) is 71.9 Å². The van der Waals surface area contributed by atoms with Crippen LogP contribution < -0.4 is 10.1 Å². The van der Waals surface area contributed by atoms with Crippen LogP contribution in [-0.2, 0) is 6.42 Å². The smallest absolute Gasteiger partial charge is 0.123 e. The zero-order valence-electron chi connectivity index (χ0n) is 16.0. The highest BCUT2D eigenvalue weighted by Crippen LogP contribution is 2.33. The molecule has 0 spiro atoms. The number of ether oxygens (including phenoxy) is 1. The van der Waals surface area contributed by atoms with Gasteiger partial charge in [-0.2, -0.15) is 0 Å². The van der Waals surface area contributed by atoms with Crippen LogP contribution in [0.1, 0.15) is 23.7 Å². The molecule has 0 fully saturated rings. The molecule has 150 valence electrons. The summed E-state index contributed by atoms with van der Waals surface area (Å²) in [5, 5.41) is 13.5. The van der Waals surface area contributed by atoms with E-state index in [0.717, 1.165) is 52.2 Å². The maximum atomic E-state index is 10.2. The number of aliphatic hydroxyl groups is 1. The van der Waals surface area contributed by atoms with Gasteiger partial charge in [-0.1, -0.05) is 24.3 Å². The molecule has 0 saturated carbocycles. The maximum Gasteiger partial charge on any atom is 0.123 e. The van der Waals surface area contributed by atoms with Gasteiger partial charge in [0, 0.05) is 48.0 Å². The van der Waals surface area contributed by atoms with Crippen molar-refractivity contribution in [3.63, 3.8) is 0 Å². The molecule has 0 aliphatic carbocycles. The Hall–Kier alpha value is -2.38. The van der Waals surface area contributed by atoms with Crippen LogP contribution >= 0.6 is 12.0 Å². The lowest BCUT2D eigenvalue weighted by molar-refractivity contribution is 0.146. The van der Waals surface area contributed by atoms with Crippen molar-refractivity contribution in [3.8, 4) is 16.9 Å². The monoisotopic (exact) mass is 408 g/mol. The average molecular weight is 409 g/mol. The van der Waals surface area contributed by atoms with E-state index < -0.39 is 6.10 Å². The predicted octanol–water partition coefficient (Wildman–Crippen LogP) is 4.33. The van der Waals surface area contributed by atoms with E-state index in [1.54, 1.807) is 12.4 Å². The number of nitrogens with zero attached hydrogens (tertiary/aromatic N) is 1. The third-order valence-electron chi connectivity index (χ3n) is 5.14. The van der Waals surface area contributed by atoms with Crippen molar-refractivity contribution >= 4 is 12.0 Å². The van der Waals surface area contributed by atoms with Gasteiger partial charge in [0.05, 0.1) is 6.10 Å². The van der Waals surface area contributed by atoms with Crippen LogP contribution in [0, 0.1) is 0 Å². The molecule has 3 aromatic rings. The Balaban J connectivity index is 1.34. The fourth-order valence-electron chi connectivity index (χ4n) is 3.57. The van der Waals surface area contributed by atoms with Gasteiger partial charge in [0.2, 0.25) is 0 Å². The lowest BCUT2D eigenvalue weighted by Gasteiger charge is -2.27. The SMILES string of the molecule is OSc1cccc(-c2ccc3c(c2)CC[C@H](CNC[C@H](O)c2cccnc2)O3)c1. The van der Waals surface area contributed by atoms with Crippen molar-refractivity contribution in [2.45, 2.75) is 29.9 Å². The molecule has 29 heavy (non-hydrogen) atoms. The van der Waals surface area contributed by atoms with Gasteiger partial charge in [-0.3, -0.25) is 4.98 Å². The third-order valence-corrected chi connectivity index (χ3v) is 5.61. The second-order valence-corrected chi connectivity index (χ2v) is 7.83. The fourth-order valence-corrected chi connectivity index (χ4v) is 3.89. The van der Waals surface area contributed by atoms with E-state index in [2.05, 4.69) is 22.4 Å². The second kappa shape index (κ2) is 9.41. The Morgan fingerprint density at radius 3 is 2.86 bits per heavy atom. The maximum absolute atomic E-state index is 10.2. The molecule has 1 aliphatic rings. The summed E-state index contributed by atoms with van der Waals surface area (Å²) in [5.74, 6) is 0.923. The molecule has 5 nitrogen and oxygen atoms in total. The molecule has 0 radical (unpaired) electrons. The summed E-state index contributed by atoms with van der Waals surface area (Å²) in [6.07, 6.45) is 4.78. The largest absolute Gasteiger partial charge is 0.489 e. The minimum absolute atomic E-state index is 0.0866. The Morgan fingerprint density at radius 2 is 2.03 bits per heavy atom. The second-order valence-electron chi connectivity index (χ2n) is 7.18. The van der Waals surface area contributed by atoms with Gasteiger partial charge in [0.25, 0.3) is 0 Å². The number of benzene rings is 2. The standard InChI is InChI=1S/C23H24N2O3S/c26-22(19-4-2-10-24-13-19)15-25-14-20-8-6-18-11-17(7-9-23(18)28-20)16-3-1-5-21(12-16)29-27/h1-5,7,9-13,20,22,25-27H,6,8,14-15H2/t20-,22+/m1/s1. The van der Waals surface area contributed by atoms with Crippen molar-refractivity contribution < 1.29 is 14.4 Å². The predicted molar refractivity (Wildman–Crippen MR) is 115 cm³/mol. The van der Waals surface area contributed by atoms with E-state index in [9.17, 15) is 9.66 Å². The molecule has 6 heteroatoms. The van der Waals surface area contributed by atoms with Gasteiger partial charge in [-0.25, -0.2) is 0 Å². The van der Waals surface area contributed by atoms with Gasteiger partial charge in [-0.05, 0) is 59.9 Å². The lowest BCUT2D eigenvalue weighted by Crippen LogP contribution is -2.36. The minimum atomic E-state index is -0.574. The topological polar surface area (TPSA) is 74.6 Å². The Labute approximate surface area is 175 Å². The van der Waals surface area contributed by atoms with Crippen molar-refractivity contribution in [2.75, 3.05) is 13.1 Å². The highest BCUT2D eigenvalue weighted by atomic mass is 32.2. The first-order valence-corrected chi connectivity index (χ1v) is 10.5. The number of aromatic nitrogens is 1. The summed E-state index contributed by atoms with van der Waals surface area (Å²) in [7, 11) is 0. The summed E-state index contributed by atoms with van der Waals surface area (Å²) in [5.41, 5.74) is 4.22. The van der Waals surface area contributed by atoms with Crippen LogP contribution in [0.2, 0.25) is 0 Å². The zero-order chi connectivity index (χ0) is 20.1. The van der Waals surface area contributed by atoms with Crippen molar-refractivity contribution in [3.05, 3.63) is 78.1 Å². The molecule has 1 aliphatic heterocycles. The number of aliphatic hydroxyl groups excluding tert-OH is 1. The molecule has 2 heterocycles. The number of aryl methyl sites for hydroxylation is 1. The van der Waals surface area contributed by atoms with Gasteiger partial charge >= 0.3 is 0 Å². The molecule has 0 saturated heterocycles. The van der Waals surface area contributed by atoms with Gasteiger partial charge in [0.15, 0.2) is 0 Å². The van der Waals surface area contributed by atoms with Crippen molar-refractivity contribution in [1.29, 1.82) is 0 Å². The molecule has 2 aromatic carbocycles. The molecular formula is C23H24N2O3S. The molecule has 2 atom stereocenters. The number of fused-ring (bicyclic) bond motifs is 1. The van der Waals surface area contributed by atoms with Crippen LogP contribution in [0.3, 0.4) is 0 Å². The van der Waals surface area contributed by atoms with E-state index in [4.69, 9.17) is 4.74 Å². The highest BCUT2D eigenvalue weighted by molar-refractivity contribution is 7.93. The third kappa shape index (κ3) is 4.97. The highest BCUT2D eigenvalue weighted by Gasteiger charge is 2.20. The molecule has 0 unspecified atom stereocenters. The first kappa shape index (κ1) is 19.9.